The van der Waals surface area contributed by atoms with Gasteiger partial charge in [-0.1, -0.05) is 49.4 Å². The second-order valence-corrected chi connectivity index (χ2v) is 3.86. The molecule has 1 heteroatoms. The Kier molecular flexibility index (Phi) is 4.17. The van der Waals surface area contributed by atoms with Crippen LogP contribution in [0.3, 0.4) is 0 Å². The summed E-state index contributed by atoms with van der Waals surface area (Å²) in [7, 11) is 0. The van der Waals surface area contributed by atoms with E-state index < -0.39 is 0 Å². The van der Waals surface area contributed by atoms with Gasteiger partial charge in [0, 0.05) is 5.70 Å². The van der Waals surface area contributed by atoms with E-state index >= 15 is 0 Å². The van der Waals surface area contributed by atoms with Crippen LogP contribution in [-0.2, 0) is 6.42 Å². The molecule has 1 nitrogen and oxygen atoms in total. The first-order valence-electron chi connectivity index (χ1n) is 5.32. The number of hydrogen-bond acceptors (Lipinski definition) is 1. The highest BCUT2D eigenvalue weighted by Crippen LogP contribution is 2.12. The maximum Gasteiger partial charge on any atom is 0.0314 e. The first kappa shape index (κ1) is 11.6. The Hall–Kier alpha value is -1.50. The highest BCUT2D eigenvalue weighted by molar-refractivity contribution is 5.60. The van der Waals surface area contributed by atoms with Gasteiger partial charge < -0.3 is 5.73 Å². The van der Waals surface area contributed by atoms with E-state index in [1.165, 1.54) is 11.1 Å². The predicted molar refractivity (Wildman–Crippen MR) is 67.4 cm³/mol. The molecule has 0 spiro atoms. The molecule has 0 unspecified atom stereocenters. The zero-order valence-electron chi connectivity index (χ0n) is 9.59. The molecule has 0 aliphatic rings. The smallest absolute Gasteiger partial charge is 0.0314 e. The molecule has 0 amide bonds. The molecule has 1 rings (SSSR count). The molecule has 0 saturated carbocycles. The Morgan fingerprint density at radius 1 is 1.33 bits per heavy atom. The van der Waals surface area contributed by atoms with E-state index in [1.54, 1.807) is 0 Å². The van der Waals surface area contributed by atoms with Crippen molar-refractivity contribution in [2.24, 2.45) is 5.73 Å². The van der Waals surface area contributed by atoms with Crippen LogP contribution in [0.25, 0.3) is 5.70 Å². The minimum atomic E-state index is 0.627. The number of benzene rings is 1. The van der Waals surface area contributed by atoms with Crippen LogP contribution in [0.4, 0.5) is 0 Å². The monoisotopic (exact) mass is 201 g/mol. The van der Waals surface area contributed by atoms with Crippen LogP contribution in [0.1, 0.15) is 31.4 Å². The first-order valence-corrected chi connectivity index (χ1v) is 5.32. The number of nitrogens with two attached hydrogens (primary N) is 1. The zero-order chi connectivity index (χ0) is 11.3. The maximum atomic E-state index is 5.61. The van der Waals surface area contributed by atoms with Crippen LogP contribution in [0, 0.1) is 0 Å². The Bertz CT molecular complexity index is 357. The Morgan fingerprint density at radius 3 is 2.40 bits per heavy atom. The van der Waals surface area contributed by atoms with Gasteiger partial charge in [-0.2, -0.15) is 0 Å². The van der Waals surface area contributed by atoms with E-state index in [2.05, 4.69) is 38.6 Å². The third-order valence-electron chi connectivity index (χ3n) is 2.36. The van der Waals surface area contributed by atoms with Gasteiger partial charge >= 0.3 is 0 Å². The minimum absolute atomic E-state index is 0.627. The van der Waals surface area contributed by atoms with Crippen LogP contribution >= 0.6 is 0 Å². The quantitative estimate of drug-likeness (QED) is 0.741. The molecule has 80 valence electrons. The second-order valence-electron chi connectivity index (χ2n) is 3.86. The lowest BCUT2D eigenvalue weighted by Gasteiger charge is -2.04. The SMILES string of the molecule is C=C(N)c1ccc(C/C(C)=C/CC)cc1. The third-order valence-corrected chi connectivity index (χ3v) is 2.36. The normalized spacial score (nSPS) is 11.5. The summed E-state index contributed by atoms with van der Waals surface area (Å²) >= 11 is 0. The summed E-state index contributed by atoms with van der Waals surface area (Å²) in [5.41, 5.74) is 9.98. The number of hydrogen-bond donors (Lipinski definition) is 1. The van der Waals surface area contributed by atoms with Gasteiger partial charge in [0.2, 0.25) is 0 Å². The molecular formula is C14H19N. The number of allylic oxidation sites excluding steroid dienone is 2. The van der Waals surface area contributed by atoms with Crippen LogP contribution in [0.2, 0.25) is 0 Å². The predicted octanol–water partition coefficient (Wildman–Crippen LogP) is 3.51. The summed E-state index contributed by atoms with van der Waals surface area (Å²) in [6.07, 6.45) is 4.38. The molecule has 0 aliphatic carbocycles. The van der Waals surface area contributed by atoms with Crippen LogP contribution in [0.15, 0.2) is 42.5 Å². The van der Waals surface area contributed by atoms with Crippen LogP contribution in [-0.4, -0.2) is 0 Å². The second kappa shape index (κ2) is 5.40. The van der Waals surface area contributed by atoms with Crippen molar-refractivity contribution in [3.8, 4) is 0 Å². The molecule has 0 bridgehead atoms. The van der Waals surface area contributed by atoms with Crippen molar-refractivity contribution in [2.75, 3.05) is 0 Å². The van der Waals surface area contributed by atoms with Crippen molar-refractivity contribution >= 4 is 5.70 Å². The molecule has 0 aliphatic heterocycles. The summed E-state index contributed by atoms with van der Waals surface area (Å²) in [5.74, 6) is 0. The molecule has 0 heterocycles. The molecule has 0 aromatic heterocycles. The van der Waals surface area contributed by atoms with Gasteiger partial charge in [0.1, 0.15) is 0 Å². The zero-order valence-corrected chi connectivity index (χ0v) is 9.59. The van der Waals surface area contributed by atoms with Crippen molar-refractivity contribution < 1.29 is 0 Å². The molecule has 2 N–H and O–H groups in total. The topological polar surface area (TPSA) is 26.0 Å². The fourth-order valence-corrected chi connectivity index (χ4v) is 1.58. The summed E-state index contributed by atoms with van der Waals surface area (Å²) < 4.78 is 0. The van der Waals surface area contributed by atoms with E-state index in [4.69, 9.17) is 5.73 Å². The van der Waals surface area contributed by atoms with Gasteiger partial charge in [0.25, 0.3) is 0 Å². The van der Waals surface area contributed by atoms with Crippen molar-refractivity contribution in [2.45, 2.75) is 26.7 Å². The summed E-state index contributed by atoms with van der Waals surface area (Å²) in [6.45, 7) is 8.04. The van der Waals surface area contributed by atoms with Crippen molar-refractivity contribution in [3.05, 3.63) is 53.6 Å². The molecular weight excluding hydrogens is 182 g/mol. The first-order chi connectivity index (χ1) is 7.13. The number of rotatable bonds is 4. The Morgan fingerprint density at radius 2 is 1.93 bits per heavy atom. The lowest BCUT2D eigenvalue weighted by molar-refractivity contribution is 1.09. The van der Waals surface area contributed by atoms with Crippen molar-refractivity contribution in [1.82, 2.24) is 0 Å². The molecule has 0 fully saturated rings. The molecule has 1 aromatic carbocycles. The fraction of sp³-hybridized carbons (Fsp3) is 0.286. The average molecular weight is 201 g/mol. The van der Waals surface area contributed by atoms with Crippen molar-refractivity contribution in [3.63, 3.8) is 0 Å². The molecule has 0 radical (unpaired) electrons. The van der Waals surface area contributed by atoms with E-state index in [1.807, 2.05) is 12.1 Å². The third kappa shape index (κ3) is 3.62. The van der Waals surface area contributed by atoms with Crippen LogP contribution < -0.4 is 5.73 Å². The Labute approximate surface area is 92.3 Å². The van der Waals surface area contributed by atoms with Crippen molar-refractivity contribution in [1.29, 1.82) is 0 Å². The van der Waals surface area contributed by atoms with Gasteiger partial charge in [-0.15, -0.1) is 0 Å². The van der Waals surface area contributed by atoms with Gasteiger partial charge in [0.15, 0.2) is 0 Å². The van der Waals surface area contributed by atoms with Gasteiger partial charge in [-0.05, 0) is 30.9 Å². The minimum Gasteiger partial charge on any atom is -0.399 e. The van der Waals surface area contributed by atoms with E-state index in [-0.39, 0.29) is 0 Å². The molecule has 1 aromatic rings. The summed E-state index contributed by atoms with van der Waals surface area (Å²) in [6, 6.07) is 8.27. The molecule has 0 saturated heterocycles. The van der Waals surface area contributed by atoms with E-state index in [0.717, 1.165) is 18.4 Å². The lowest BCUT2D eigenvalue weighted by atomic mass is 10.0. The maximum absolute atomic E-state index is 5.61. The van der Waals surface area contributed by atoms with E-state index in [0.29, 0.717) is 5.70 Å². The standard InChI is InChI=1S/C14H19N/c1-4-5-11(2)10-13-6-8-14(9-7-13)12(3)15/h5-9H,3-4,10,15H2,1-2H3/b11-5+. The van der Waals surface area contributed by atoms with Gasteiger partial charge in [-0.3, -0.25) is 0 Å². The summed E-state index contributed by atoms with van der Waals surface area (Å²) in [4.78, 5) is 0. The molecule has 0 atom stereocenters. The fourth-order valence-electron chi connectivity index (χ4n) is 1.58. The highest BCUT2D eigenvalue weighted by atomic mass is 14.6. The highest BCUT2D eigenvalue weighted by Gasteiger charge is 1.96. The Balaban J connectivity index is 2.73. The molecule has 15 heavy (non-hydrogen) atoms. The van der Waals surface area contributed by atoms with Crippen LogP contribution in [0.5, 0.6) is 0 Å². The average Bonchev–Trinajstić information content (AvgIpc) is 2.18. The summed E-state index contributed by atoms with van der Waals surface area (Å²) in [5, 5.41) is 0. The van der Waals surface area contributed by atoms with Gasteiger partial charge in [-0.25, -0.2) is 0 Å². The largest absolute Gasteiger partial charge is 0.399 e. The lowest BCUT2D eigenvalue weighted by Crippen LogP contribution is -1.94. The van der Waals surface area contributed by atoms with Gasteiger partial charge in [0.05, 0.1) is 0 Å². The van der Waals surface area contributed by atoms with E-state index in [9.17, 15) is 0 Å².